The molecule has 7 heteroatoms. The Hall–Kier alpha value is -3.19. The number of fused-ring (bicyclic) bond motifs is 1. The number of carbonyl (C=O) groups excluding carboxylic acids is 1. The van der Waals surface area contributed by atoms with Gasteiger partial charge in [0.2, 0.25) is 5.75 Å². The van der Waals surface area contributed by atoms with Gasteiger partial charge in [-0.15, -0.1) is 0 Å². The molecule has 7 nitrogen and oxygen atoms in total. The third kappa shape index (κ3) is 3.73. The summed E-state index contributed by atoms with van der Waals surface area (Å²) in [5, 5.41) is 1.83. The first kappa shape index (κ1) is 20.5. The quantitative estimate of drug-likeness (QED) is 0.719. The van der Waals surface area contributed by atoms with Crippen molar-refractivity contribution in [2.24, 2.45) is 0 Å². The van der Waals surface area contributed by atoms with Crippen molar-refractivity contribution in [1.82, 2.24) is 10.4 Å². The summed E-state index contributed by atoms with van der Waals surface area (Å²) >= 11 is 0. The summed E-state index contributed by atoms with van der Waals surface area (Å²) in [7, 11) is 6.07. The number of hydrogen-bond acceptors (Lipinski definition) is 7. The van der Waals surface area contributed by atoms with Crippen molar-refractivity contribution < 1.29 is 23.7 Å². The fraction of sp³-hybridized carbons (Fsp3) is 0.318. The standard InChI is InChI=1S/C22H26N2O5/c1-6-23-24-13-14-9-7-8-10-16(14)19(20(24)22(25)29-5)15-11-17(26-2)21(28-4)18(12-15)27-3/h7-12,23H,6,13H2,1-5H3. The minimum Gasteiger partial charge on any atom is -0.493 e. The van der Waals surface area contributed by atoms with Crippen LogP contribution in [0.1, 0.15) is 23.6 Å². The molecule has 0 saturated carbocycles. The second-order valence-corrected chi connectivity index (χ2v) is 6.38. The summed E-state index contributed by atoms with van der Waals surface area (Å²) in [5.74, 6) is 1.09. The van der Waals surface area contributed by atoms with E-state index < -0.39 is 5.97 Å². The van der Waals surface area contributed by atoms with Gasteiger partial charge in [-0.05, 0) is 28.8 Å². The van der Waals surface area contributed by atoms with Crippen molar-refractivity contribution in [2.75, 3.05) is 35.0 Å². The predicted octanol–water partition coefficient (Wildman–Crippen LogP) is 2.98. The first-order valence-electron chi connectivity index (χ1n) is 9.31. The number of methoxy groups -OCH3 is 4. The van der Waals surface area contributed by atoms with Crippen molar-refractivity contribution in [3.8, 4) is 17.2 Å². The van der Waals surface area contributed by atoms with Crippen LogP contribution in [0.25, 0.3) is 5.57 Å². The average molecular weight is 398 g/mol. The Balaban J connectivity index is 2.35. The zero-order chi connectivity index (χ0) is 21.0. The van der Waals surface area contributed by atoms with Crippen molar-refractivity contribution in [3.05, 3.63) is 58.8 Å². The maximum Gasteiger partial charge on any atom is 0.356 e. The van der Waals surface area contributed by atoms with Crippen molar-refractivity contribution >= 4 is 11.5 Å². The highest BCUT2D eigenvalue weighted by Gasteiger charge is 2.31. The van der Waals surface area contributed by atoms with Gasteiger partial charge in [-0.2, -0.15) is 0 Å². The van der Waals surface area contributed by atoms with Gasteiger partial charge in [0.1, 0.15) is 5.70 Å². The molecule has 1 aliphatic heterocycles. The zero-order valence-corrected chi connectivity index (χ0v) is 17.4. The van der Waals surface area contributed by atoms with Gasteiger partial charge in [-0.25, -0.2) is 10.2 Å². The molecule has 2 aromatic rings. The second kappa shape index (κ2) is 8.87. The number of esters is 1. The normalized spacial score (nSPS) is 13.1. The lowest BCUT2D eigenvalue weighted by Gasteiger charge is -2.34. The van der Waals surface area contributed by atoms with Gasteiger partial charge in [-0.3, -0.25) is 5.01 Å². The molecule has 1 aliphatic rings. The molecule has 2 aromatic carbocycles. The van der Waals surface area contributed by atoms with Crippen LogP contribution < -0.4 is 19.6 Å². The van der Waals surface area contributed by atoms with Gasteiger partial charge in [0.15, 0.2) is 11.5 Å². The number of nitrogens with zero attached hydrogens (tertiary/aromatic N) is 1. The monoisotopic (exact) mass is 398 g/mol. The zero-order valence-electron chi connectivity index (χ0n) is 17.4. The van der Waals surface area contributed by atoms with E-state index in [1.807, 2.05) is 48.3 Å². The van der Waals surface area contributed by atoms with E-state index >= 15 is 0 Å². The highest BCUT2D eigenvalue weighted by atomic mass is 16.5. The summed E-state index contributed by atoms with van der Waals surface area (Å²) < 4.78 is 21.6. The molecule has 0 aliphatic carbocycles. The van der Waals surface area contributed by atoms with E-state index in [-0.39, 0.29) is 0 Å². The molecule has 154 valence electrons. The van der Waals surface area contributed by atoms with Gasteiger partial charge in [0.05, 0.1) is 35.0 Å². The maximum atomic E-state index is 12.8. The van der Waals surface area contributed by atoms with E-state index in [9.17, 15) is 4.79 Å². The Kier molecular flexibility index (Phi) is 6.29. The predicted molar refractivity (Wildman–Crippen MR) is 110 cm³/mol. The Morgan fingerprint density at radius 3 is 2.24 bits per heavy atom. The van der Waals surface area contributed by atoms with Crippen LogP contribution in [0.2, 0.25) is 0 Å². The average Bonchev–Trinajstić information content (AvgIpc) is 2.76. The van der Waals surface area contributed by atoms with Gasteiger partial charge in [-0.1, -0.05) is 31.2 Å². The molecule has 0 amide bonds. The van der Waals surface area contributed by atoms with Crippen LogP contribution in [0, 0.1) is 0 Å². The minimum absolute atomic E-state index is 0.427. The molecular formula is C22H26N2O5. The molecule has 0 fully saturated rings. The Labute approximate surface area is 170 Å². The lowest BCUT2D eigenvalue weighted by Crippen LogP contribution is -2.42. The van der Waals surface area contributed by atoms with E-state index in [1.165, 1.54) is 7.11 Å². The second-order valence-electron chi connectivity index (χ2n) is 6.38. The molecular weight excluding hydrogens is 372 g/mol. The Bertz CT molecular complexity index is 914. The number of carbonyl (C=O) groups is 1. The van der Waals surface area contributed by atoms with Crippen molar-refractivity contribution in [2.45, 2.75) is 13.5 Å². The summed E-state index contributed by atoms with van der Waals surface area (Å²) in [6.45, 7) is 3.18. The Morgan fingerprint density at radius 1 is 1.03 bits per heavy atom. The SMILES string of the molecule is CCNN1Cc2ccccc2C(c2cc(OC)c(OC)c(OC)c2)=C1C(=O)OC. The number of nitrogens with one attached hydrogen (secondary N) is 1. The molecule has 1 N–H and O–H groups in total. The minimum atomic E-state index is -0.427. The highest BCUT2D eigenvalue weighted by Crippen LogP contribution is 2.44. The fourth-order valence-corrected chi connectivity index (χ4v) is 3.57. The molecule has 0 aromatic heterocycles. The maximum absolute atomic E-state index is 12.8. The summed E-state index contributed by atoms with van der Waals surface area (Å²) in [6, 6.07) is 11.7. The largest absolute Gasteiger partial charge is 0.493 e. The molecule has 0 unspecified atom stereocenters. The third-order valence-corrected chi connectivity index (χ3v) is 4.80. The van der Waals surface area contributed by atoms with Crippen LogP contribution >= 0.6 is 0 Å². The smallest absolute Gasteiger partial charge is 0.356 e. The van der Waals surface area contributed by atoms with Crippen molar-refractivity contribution in [1.29, 1.82) is 0 Å². The van der Waals surface area contributed by atoms with Crippen LogP contribution in [-0.2, 0) is 16.1 Å². The summed E-state index contributed by atoms with van der Waals surface area (Å²) in [5.41, 5.74) is 7.23. The lowest BCUT2D eigenvalue weighted by molar-refractivity contribution is -0.138. The number of rotatable bonds is 7. The summed E-state index contributed by atoms with van der Waals surface area (Å²) in [4.78, 5) is 12.8. The van der Waals surface area contributed by atoms with E-state index in [0.717, 1.165) is 22.3 Å². The number of hydrazine groups is 1. The van der Waals surface area contributed by atoms with Gasteiger partial charge in [0, 0.05) is 12.1 Å². The molecule has 0 atom stereocenters. The van der Waals surface area contributed by atoms with E-state index in [1.54, 1.807) is 21.3 Å². The summed E-state index contributed by atoms with van der Waals surface area (Å²) in [6.07, 6.45) is 0. The molecule has 0 radical (unpaired) electrons. The van der Waals surface area contributed by atoms with E-state index in [4.69, 9.17) is 18.9 Å². The molecule has 0 saturated heterocycles. The van der Waals surface area contributed by atoms with Crippen molar-refractivity contribution in [3.63, 3.8) is 0 Å². The first-order chi connectivity index (χ1) is 14.1. The van der Waals surface area contributed by atoms with E-state index in [2.05, 4.69) is 5.43 Å². The molecule has 3 rings (SSSR count). The fourth-order valence-electron chi connectivity index (χ4n) is 3.57. The lowest BCUT2D eigenvalue weighted by atomic mass is 9.88. The van der Waals surface area contributed by atoms with Crippen LogP contribution in [0.3, 0.4) is 0 Å². The van der Waals surface area contributed by atoms with Crippen LogP contribution in [0.4, 0.5) is 0 Å². The van der Waals surface area contributed by atoms with Gasteiger partial charge in [0.25, 0.3) is 0 Å². The molecule has 1 heterocycles. The Morgan fingerprint density at radius 2 is 1.69 bits per heavy atom. The molecule has 29 heavy (non-hydrogen) atoms. The van der Waals surface area contributed by atoms with E-state index in [0.29, 0.717) is 36.0 Å². The van der Waals surface area contributed by atoms with Crippen LogP contribution in [0.15, 0.2) is 42.1 Å². The first-order valence-corrected chi connectivity index (χ1v) is 9.31. The van der Waals surface area contributed by atoms with Gasteiger partial charge < -0.3 is 18.9 Å². The van der Waals surface area contributed by atoms with Gasteiger partial charge >= 0.3 is 5.97 Å². The number of hydrogen-bond donors (Lipinski definition) is 1. The topological polar surface area (TPSA) is 69.3 Å². The third-order valence-electron chi connectivity index (χ3n) is 4.80. The molecule has 0 bridgehead atoms. The van der Waals surface area contributed by atoms with Crippen LogP contribution in [0.5, 0.6) is 17.2 Å². The highest BCUT2D eigenvalue weighted by molar-refractivity contribution is 6.02. The number of ether oxygens (including phenoxy) is 4. The number of benzene rings is 2. The van der Waals surface area contributed by atoms with Crippen LogP contribution in [-0.4, -0.2) is 46.0 Å². The molecule has 0 spiro atoms.